The molecule has 4 nitrogen and oxygen atoms in total. The van der Waals surface area contributed by atoms with Gasteiger partial charge >= 0.3 is 0 Å². The Morgan fingerprint density at radius 3 is 2.75 bits per heavy atom. The van der Waals surface area contributed by atoms with E-state index in [1.54, 1.807) is 17.0 Å². The van der Waals surface area contributed by atoms with E-state index in [1.807, 2.05) is 0 Å². The molecule has 110 valence electrons. The lowest BCUT2D eigenvalue weighted by atomic mass is 9.90. The van der Waals surface area contributed by atoms with Crippen molar-refractivity contribution in [2.75, 3.05) is 31.1 Å². The van der Waals surface area contributed by atoms with Crippen molar-refractivity contribution in [1.82, 2.24) is 5.32 Å². The van der Waals surface area contributed by atoms with E-state index in [0.29, 0.717) is 12.2 Å². The van der Waals surface area contributed by atoms with Crippen LogP contribution in [0.15, 0.2) is 24.3 Å². The summed E-state index contributed by atoms with van der Waals surface area (Å²) in [4.78, 5) is 13.6. The molecule has 0 radical (unpaired) electrons. The van der Waals surface area contributed by atoms with Crippen molar-refractivity contribution in [2.45, 2.75) is 18.4 Å². The van der Waals surface area contributed by atoms with Gasteiger partial charge in [0.15, 0.2) is 0 Å². The van der Waals surface area contributed by atoms with Crippen molar-refractivity contribution in [3.05, 3.63) is 30.1 Å². The average molecular weight is 301 g/mol. The van der Waals surface area contributed by atoms with Crippen LogP contribution in [0.3, 0.4) is 0 Å². The number of rotatable bonds is 1. The van der Waals surface area contributed by atoms with Crippen molar-refractivity contribution in [2.24, 2.45) is 0 Å². The van der Waals surface area contributed by atoms with E-state index in [0.717, 1.165) is 25.9 Å². The Hall–Kier alpha value is -1.17. The molecule has 0 atom stereocenters. The lowest BCUT2D eigenvalue weighted by molar-refractivity contribution is -0.141. The molecule has 1 aromatic rings. The van der Waals surface area contributed by atoms with E-state index < -0.39 is 0 Å². The Balaban J connectivity index is 0.00000147. The largest absolute Gasteiger partial charge is 0.363 e. The highest BCUT2D eigenvalue weighted by atomic mass is 35.5. The highest BCUT2D eigenvalue weighted by Crippen LogP contribution is 2.30. The highest BCUT2D eigenvalue weighted by Gasteiger charge is 2.41. The number of nitrogens with zero attached hydrogens (tertiary/aromatic N) is 1. The highest BCUT2D eigenvalue weighted by molar-refractivity contribution is 5.95. The van der Waals surface area contributed by atoms with Crippen molar-refractivity contribution >= 4 is 24.0 Å². The fraction of sp³-hybridized carbons (Fsp3) is 0.500. The van der Waals surface area contributed by atoms with Crippen LogP contribution < -0.4 is 10.2 Å². The molecule has 2 aliphatic rings. The van der Waals surface area contributed by atoms with Gasteiger partial charge in [0.05, 0.1) is 12.1 Å². The number of ether oxygens (including phenoxy) is 1. The Morgan fingerprint density at radius 2 is 2.05 bits per heavy atom. The van der Waals surface area contributed by atoms with E-state index in [9.17, 15) is 9.18 Å². The molecular weight excluding hydrogens is 283 g/mol. The molecule has 0 aliphatic carbocycles. The fourth-order valence-corrected chi connectivity index (χ4v) is 2.78. The summed E-state index contributed by atoms with van der Waals surface area (Å²) in [6.45, 7) is 2.38. The molecule has 3 rings (SSSR count). The van der Waals surface area contributed by atoms with Crippen LogP contribution >= 0.6 is 12.4 Å². The van der Waals surface area contributed by atoms with E-state index in [2.05, 4.69) is 5.32 Å². The van der Waals surface area contributed by atoms with Gasteiger partial charge in [-0.2, -0.15) is 0 Å². The number of piperidine rings is 1. The minimum Gasteiger partial charge on any atom is -0.363 e. The first kappa shape index (κ1) is 15.2. The van der Waals surface area contributed by atoms with Crippen LogP contribution in [-0.2, 0) is 9.53 Å². The third-order valence-electron chi connectivity index (χ3n) is 3.88. The van der Waals surface area contributed by atoms with Gasteiger partial charge in [0, 0.05) is 5.69 Å². The predicted molar refractivity (Wildman–Crippen MR) is 76.8 cm³/mol. The van der Waals surface area contributed by atoms with Crippen LogP contribution in [0.1, 0.15) is 12.8 Å². The second kappa shape index (κ2) is 6.08. The zero-order valence-electron chi connectivity index (χ0n) is 11.1. The smallest absolute Gasteiger partial charge is 0.253 e. The molecule has 0 aromatic heterocycles. The normalized spacial score (nSPS) is 21.6. The van der Waals surface area contributed by atoms with Gasteiger partial charge in [-0.15, -0.1) is 12.4 Å². The molecule has 1 N–H and O–H groups in total. The summed E-state index contributed by atoms with van der Waals surface area (Å²) >= 11 is 0. The Morgan fingerprint density at radius 1 is 1.30 bits per heavy atom. The number of amides is 1. The van der Waals surface area contributed by atoms with Crippen molar-refractivity contribution < 1.29 is 13.9 Å². The SMILES string of the molecule is Cl.O=C1COC2(CCNCC2)CN1c1cccc(F)c1. The van der Waals surface area contributed by atoms with Gasteiger partial charge in [0.25, 0.3) is 5.91 Å². The Bertz CT molecular complexity index is 492. The number of carbonyl (C=O) groups is 1. The number of morpholine rings is 1. The monoisotopic (exact) mass is 300 g/mol. The third kappa shape index (κ3) is 2.95. The van der Waals surface area contributed by atoms with Gasteiger partial charge in [-0.25, -0.2) is 4.39 Å². The first-order valence-electron chi connectivity index (χ1n) is 6.59. The number of nitrogens with one attached hydrogen (secondary N) is 1. The number of anilines is 1. The molecule has 2 fully saturated rings. The molecule has 0 unspecified atom stereocenters. The molecule has 1 spiro atoms. The van der Waals surface area contributed by atoms with Gasteiger partial charge in [0.2, 0.25) is 0 Å². The van der Waals surface area contributed by atoms with Crippen LogP contribution in [0, 0.1) is 5.82 Å². The number of carbonyl (C=O) groups excluding carboxylic acids is 1. The zero-order valence-corrected chi connectivity index (χ0v) is 11.9. The summed E-state index contributed by atoms with van der Waals surface area (Å²) in [5.74, 6) is -0.425. The summed E-state index contributed by atoms with van der Waals surface area (Å²) < 4.78 is 19.1. The first-order valence-corrected chi connectivity index (χ1v) is 6.59. The van der Waals surface area contributed by atoms with Gasteiger partial charge in [0.1, 0.15) is 12.4 Å². The van der Waals surface area contributed by atoms with Crippen molar-refractivity contribution in [1.29, 1.82) is 0 Å². The molecule has 20 heavy (non-hydrogen) atoms. The van der Waals surface area contributed by atoms with E-state index >= 15 is 0 Å². The minimum absolute atomic E-state index is 0. The second-order valence-electron chi connectivity index (χ2n) is 5.18. The number of halogens is 2. The van der Waals surface area contributed by atoms with Gasteiger partial charge < -0.3 is 15.0 Å². The third-order valence-corrected chi connectivity index (χ3v) is 3.88. The van der Waals surface area contributed by atoms with E-state index in [1.165, 1.54) is 12.1 Å². The summed E-state index contributed by atoms with van der Waals surface area (Å²) in [6.07, 6.45) is 1.76. The molecule has 2 saturated heterocycles. The van der Waals surface area contributed by atoms with Gasteiger partial charge in [-0.3, -0.25) is 4.79 Å². The lowest BCUT2D eigenvalue weighted by Crippen LogP contribution is -2.58. The molecule has 2 heterocycles. The lowest BCUT2D eigenvalue weighted by Gasteiger charge is -2.44. The maximum absolute atomic E-state index is 13.3. The van der Waals surface area contributed by atoms with Crippen LogP contribution in [0.2, 0.25) is 0 Å². The second-order valence-corrected chi connectivity index (χ2v) is 5.18. The summed E-state index contributed by atoms with van der Waals surface area (Å²) in [7, 11) is 0. The predicted octanol–water partition coefficient (Wildman–Crippen LogP) is 1.73. The summed E-state index contributed by atoms with van der Waals surface area (Å²) in [6, 6.07) is 6.18. The molecule has 6 heteroatoms. The molecule has 1 amide bonds. The molecule has 1 aromatic carbocycles. The van der Waals surface area contributed by atoms with Crippen molar-refractivity contribution in [3.63, 3.8) is 0 Å². The fourth-order valence-electron chi connectivity index (χ4n) is 2.78. The van der Waals surface area contributed by atoms with E-state index in [4.69, 9.17) is 4.74 Å². The van der Waals surface area contributed by atoms with Gasteiger partial charge in [-0.05, 0) is 44.1 Å². The summed E-state index contributed by atoms with van der Waals surface area (Å²) in [5, 5.41) is 3.29. The number of benzene rings is 1. The van der Waals surface area contributed by atoms with E-state index in [-0.39, 0.29) is 36.3 Å². The van der Waals surface area contributed by atoms with Gasteiger partial charge in [-0.1, -0.05) is 6.07 Å². The first-order chi connectivity index (χ1) is 9.19. The Kier molecular flexibility index (Phi) is 4.62. The zero-order chi connectivity index (χ0) is 13.3. The maximum Gasteiger partial charge on any atom is 0.253 e. The number of hydrogen-bond donors (Lipinski definition) is 1. The number of hydrogen-bond acceptors (Lipinski definition) is 3. The molecular formula is C14H18ClFN2O2. The van der Waals surface area contributed by atoms with Crippen LogP contribution in [-0.4, -0.2) is 37.7 Å². The molecule has 2 aliphatic heterocycles. The van der Waals surface area contributed by atoms with Crippen LogP contribution in [0.4, 0.5) is 10.1 Å². The minimum atomic E-state index is -0.323. The van der Waals surface area contributed by atoms with Crippen LogP contribution in [0.25, 0.3) is 0 Å². The topological polar surface area (TPSA) is 41.6 Å². The molecule has 0 saturated carbocycles. The quantitative estimate of drug-likeness (QED) is 0.859. The standard InChI is InChI=1S/C14H17FN2O2.ClH/c15-11-2-1-3-12(8-11)17-10-14(19-9-13(17)18)4-6-16-7-5-14;/h1-3,8,16H,4-7,9-10H2;1H. The Labute approximate surface area is 123 Å². The average Bonchev–Trinajstić information content (AvgIpc) is 2.43. The maximum atomic E-state index is 13.3. The summed E-state index contributed by atoms with van der Waals surface area (Å²) in [5.41, 5.74) is 0.345. The molecule has 0 bridgehead atoms. The van der Waals surface area contributed by atoms with Crippen molar-refractivity contribution in [3.8, 4) is 0 Å². The van der Waals surface area contributed by atoms with Crippen LogP contribution in [0.5, 0.6) is 0 Å².